The Labute approximate surface area is 153 Å². The topological polar surface area (TPSA) is 56.7 Å². The van der Waals surface area contributed by atoms with Crippen LogP contribution in [0.2, 0.25) is 0 Å². The molecule has 1 aromatic heterocycles. The van der Waals surface area contributed by atoms with Crippen LogP contribution in [-0.2, 0) is 24.2 Å². The quantitative estimate of drug-likeness (QED) is 0.891. The fourth-order valence-electron chi connectivity index (χ4n) is 3.19. The summed E-state index contributed by atoms with van der Waals surface area (Å²) in [5.41, 5.74) is 3.18. The third-order valence-corrected chi connectivity index (χ3v) is 4.85. The van der Waals surface area contributed by atoms with Crippen molar-refractivity contribution in [3.63, 3.8) is 0 Å². The standard InChI is InChI=1S/C20H24FN3O2/c1-15(26)23-8-10-24(11-9-23)19-7-6-18(22-13-19)5-4-17-3-2-16(14-25)12-20(17)21/h2-3,6-7,12-13,25H,4-5,8-11,14H2,1H3. The zero-order chi connectivity index (χ0) is 18.5. The van der Waals surface area contributed by atoms with Crippen LogP contribution in [0.1, 0.15) is 23.7 Å². The summed E-state index contributed by atoms with van der Waals surface area (Å²) in [6.45, 7) is 4.54. The van der Waals surface area contributed by atoms with Gasteiger partial charge in [-0.05, 0) is 42.2 Å². The van der Waals surface area contributed by atoms with Gasteiger partial charge in [-0.1, -0.05) is 12.1 Å². The first-order chi connectivity index (χ1) is 12.6. The maximum Gasteiger partial charge on any atom is 0.219 e. The van der Waals surface area contributed by atoms with Crippen molar-refractivity contribution in [2.45, 2.75) is 26.4 Å². The lowest BCUT2D eigenvalue weighted by Gasteiger charge is -2.35. The first-order valence-corrected chi connectivity index (χ1v) is 8.90. The predicted octanol–water partition coefficient (Wildman–Crippen LogP) is 2.17. The molecular weight excluding hydrogens is 333 g/mol. The van der Waals surface area contributed by atoms with E-state index in [0.29, 0.717) is 24.0 Å². The Kier molecular flexibility index (Phi) is 5.83. The van der Waals surface area contributed by atoms with Gasteiger partial charge in [0.05, 0.1) is 18.5 Å². The summed E-state index contributed by atoms with van der Waals surface area (Å²) in [7, 11) is 0. The van der Waals surface area contributed by atoms with Gasteiger partial charge >= 0.3 is 0 Å². The highest BCUT2D eigenvalue weighted by Crippen LogP contribution is 2.17. The number of hydrogen-bond acceptors (Lipinski definition) is 4. The minimum Gasteiger partial charge on any atom is -0.392 e. The molecule has 0 unspecified atom stereocenters. The minimum absolute atomic E-state index is 0.123. The van der Waals surface area contributed by atoms with Crippen LogP contribution >= 0.6 is 0 Å². The van der Waals surface area contributed by atoms with Crippen molar-refractivity contribution in [3.8, 4) is 0 Å². The summed E-state index contributed by atoms with van der Waals surface area (Å²) in [4.78, 5) is 20.0. The van der Waals surface area contributed by atoms with Crippen molar-refractivity contribution in [2.24, 2.45) is 0 Å². The first kappa shape index (κ1) is 18.3. The van der Waals surface area contributed by atoms with Crippen LogP contribution in [0.4, 0.5) is 10.1 Å². The average molecular weight is 357 g/mol. The Morgan fingerprint density at radius 2 is 1.92 bits per heavy atom. The number of carbonyl (C=O) groups is 1. The SMILES string of the molecule is CC(=O)N1CCN(c2ccc(CCc3ccc(CO)cc3F)nc2)CC1. The molecule has 138 valence electrons. The first-order valence-electron chi connectivity index (χ1n) is 8.90. The number of anilines is 1. The van der Waals surface area contributed by atoms with E-state index in [1.165, 1.54) is 6.07 Å². The van der Waals surface area contributed by atoms with Crippen LogP contribution in [-0.4, -0.2) is 47.1 Å². The van der Waals surface area contributed by atoms with Crippen LogP contribution in [0.15, 0.2) is 36.5 Å². The van der Waals surface area contributed by atoms with Crippen molar-refractivity contribution in [1.82, 2.24) is 9.88 Å². The molecule has 2 aromatic rings. The number of nitrogens with zero attached hydrogens (tertiary/aromatic N) is 3. The summed E-state index contributed by atoms with van der Waals surface area (Å²) >= 11 is 0. The molecule has 0 spiro atoms. The molecule has 0 aliphatic carbocycles. The second-order valence-electron chi connectivity index (χ2n) is 6.58. The molecule has 1 amide bonds. The summed E-state index contributed by atoms with van der Waals surface area (Å²) in [5.74, 6) is -0.158. The maximum absolute atomic E-state index is 14.0. The fourth-order valence-corrected chi connectivity index (χ4v) is 3.19. The number of rotatable bonds is 5. The summed E-state index contributed by atoms with van der Waals surface area (Å²) in [6.07, 6.45) is 3.08. The smallest absolute Gasteiger partial charge is 0.219 e. The van der Waals surface area contributed by atoms with E-state index >= 15 is 0 Å². The average Bonchev–Trinajstić information content (AvgIpc) is 2.67. The molecule has 1 N–H and O–H groups in total. The van der Waals surface area contributed by atoms with E-state index < -0.39 is 0 Å². The highest BCUT2D eigenvalue weighted by molar-refractivity contribution is 5.73. The van der Waals surface area contributed by atoms with Gasteiger partial charge in [-0.2, -0.15) is 0 Å². The molecule has 0 atom stereocenters. The number of halogens is 1. The summed E-state index contributed by atoms with van der Waals surface area (Å²) < 4.78 is 14.0. The Morgan fingerprint density at radius 1 is 1.15 bits per heavy atom. The summed E-state index contributed by atoms with van der Waals surface area (Å²) in [6, 6.07) is 8.87. The van der Waals surface area contributed by atoms with Gasteiger partial charge in [0.15, 0.2) is 0 Å². The van der Waals surface area contributed by atoms with Gasteiger partial charge in [0, 0.05) is 38.8 Å². The monoisotopic (exact) mass is 357 g/mol. The number of piperazine rings is 1. The van der Waals surface area contributed by atoms with Crippen molar-refractivity contribution < 1.29 is 14.3 Å². The number of hydrogen-bond donors (Lipinski definition) is 1. The van der Waals surface area contributed by atoms with Gasteiger partial charge in [0.1, 0.15) is 5.82 Å². The van der Waals surface area contributed by atoms with Gasteiger partial charge in [-0.15, -0.1) is 0 Å². The van der Waals surface area contributed by atoms with E-state index in [2.05, 4.69) is 9.88 Å². The van der Waals surface area contributed by atoms with Crippen molar-refractivity contribution >= 4 is 11.6 Å². The van der Waals surface area contributed by atoms with E-state index in [1.54, 1.807) is 19.1 Å². The van der Waals surface area contributed by atoms with Crippen molar-refractivity contribution in [2.75, 3.05) is 31.1 Å². The highest BCUT2D eigenvalue weighted by Gasteiger charge is 2.18. The lowest BCUT2D eigenvalue weighted by Crippen LogP contribution is -2.48. The molecule has 26 heavy (non-hydrogen) atoms. The van der Waals surface area contributed by atoms with Gasteiger partial charge in [-0.3, -0.25) is 9.78 Å². The van der Waals surface area contributed by atoms with Crippen LogP contribution < -0.4 is 4.90 Å². The van der Waals surface area contributed by atoms with E-state index in [0.717, 1.165) is 37.6 Å². The van der Waals surface area contributed by atoms with Crippen LogP contribution in [0, 0.1) is 5.82 Å². The molecule has 0 saturated carbocycles. The molecule has 3 rings (SSSR count). The number of aryl methyl sites for hydroxylation is 2. The van der Waals surface area contributed by atoms with Crippen LogP contribution in [0.5, 0.6) is 0 Å². The Hall–Kier alpha value is -2.47. The molecule has 6 heteroatoms. The molecule has 0 radical (unpaired) electrons. The predicted molar refractivity (Wildman–Crippen MR) is 98.4 cm³/mol. The Morgan fingerprint density at radius 3 is 2.50 bits per heavy atom. The zero-order valence-electron chi connectivity index (χ0n) is 15.0. The normalized spacial score (nSPS) is 14.6. The van der Waals surface area contributed by atoms with Gasteiger partial charge in [0.2, 0.25) is 5.91 Å². The number of aliphatic hydroxyl groups excluding tert-OH is 1. The van der Waals surface area contributed by atoms with Gasteiger partial charge in [0.25, 0.3) is 0 Å². The maximum atomic E-state index is 14.0. The molecule has 1 aliphatic heterocycles. The zero-order valence-corrected chi connectivity index (χ0v) is 15.0. The van der Waals surface area contributed by atoms with E-state index in [9.17, 15) is 9.18 Å². The number of amides is 1. The summed E-state index contributed by atoms with van der Waals surface area (Å²) in [5, 5.41) is 9.04. The number of benzene rings is 1. The third kappa shape index (κ3) is 4.38. The molecule has 1 aliphatic rings. The fraction of sp³-hybridized carbons (Fsp3) is 0.400. The molecule has 2 heterocycles. The lowest BCUT2D eigenvalue weighted by molar-refractivity contribution is -0.129. The molecule has 0 bridgehead atoms. The van der Waals surface area contributed by atoms with Crippen molar-refractivity contribution in [3.05, 3.63) is 59.2 Å². The molecule has 5 nitrogen and oxygen atoms in total. The van der Waals surface area contributed by atoms with Gasteiger partial charge in [-0.25, -0.2) is 4.39 Å². The number of pyridine rings is 1. The van der Waals surface area contributed by atoms with E-state index in [1.807, 2.05) is 23.2 Å². The molecule has 1 fully saturated rings. The van der Waals surface area contributed by atoms with Crippen LogP contribution in [0.25, 0.3) is 0 Å². The largest absolute Gasteiger partial charge is 0.392 e. The third-order valence-electron chi connectivity index (χ3n) is 4.85. The molecule has 1 aromatic carbocycles. The Balaban J connectivity index is 1.56. The minimum atomic E-state index is -0.281. The second kappa shape index (κ2) is 8.27. The van der Waals surface area contributed by atoms with E-state index in [4.69, 9.17) is 5.11 Å². The van der Waals surface area contributed by atoms with Crippen LogP contribution in [0.3, 0.4) is 0 Å². The Bertz CT molecular complexity index is 756. The molecular formula is C20H24FN3O2. The number of aliphatic hydroxyl groups is 1. The molecule has 1 saturated heterocycles. The second-order valence-corrected chi connectivity index (χ2v) is 6.58. The number of carbonyl (C=O) groups excluding carboxylic acids is 1. The van der Waals surface area contributed by atoms with Gasteiger partial charge < -0.3 is 14.9 Å². The van der Waals surface area contributed by atoms with Crippen molar-refractivity contribution in [1.29, 1.82) is 0 Å². The number of aromatic nitrogens is 1. The highest BCUT2D eigenvalue weighted by atomic mass is 19.1. The lowest BCUT2D eigenvalue weighted by atomic mass is 10.0. The van der Waals surface area contributed by atoms with E-state index in [-0.39, 0.29) is 18.3 Å².